The lowest BCUT2D eigenvalue weighted by Gasteiger charge is -2.31. The minimum atomic E-state index is -0.0135. The Morgan fingerprint density at radius 1 is 1.06 bits per heavy atom. The van der Waals surface area contributed by atoms with E-state index in [9.17, 15) is 5.11 Å². The summed E-state index contributed by atoms with van der Waals surface area (Å²) in [4.78, 5) is 20.5. The average molecular weight is 450 g/mol. The number of aryl methyl sites for hydroxylation is 1. The van der Waals surface area contributed by atoms with E-state index in [-0.39, 0.29) is 12.7 Å². The number of aliphatic hydroxyl groups is 1. The van der Waals surface area contributed by atoms with Crippen molar-refractivity contribution in [3.63, 3.8) is 0 Å². The topological polar surface area (TPSA) is 93.5 Å². The first-order valence-corrected chi connectivity index (χ1v) is 11.9. The van der Waals surface area contributed by atoms with E-state index in [4.69, 9.17) is 9.47 Å². The Kier molecular flexibility index (Phi) is 6.64. The zero-order valence-corrected chi connectivity index (χ0v) is 19.1. The monoisotopic (exact) mass is 449 g/mol. The number of aliphatic hydroxyl groups excluding tert-OH is 1. The van der Waals surface area contributed by atoms with Crippen LogP contribution in [0.25, 0.3) is 11.0 Å². The summed E-state index contributed by atoms with van der Waals surface area (Å²) >= 11 is 0. The number of aromatic nitrogens is 4. The van der Waals surface area contributed by atoms with Crippen molar-refractivity contribution in [2.45, 2.75) is 51.7 Å². The number of benzene rings is 1. The molecular formula is C25H31N5O3. The molecule has 1 aliphatic carbocycles. The zero-order valence-electron chi connectivity index (χ0n) is 19.1. The predicted molar refractivity (Wildman–Crippen MR) is 125 cm³/mol. The van der Waals surface area contributed by atoms with E-state index >= 15 is 0 Å². The maximum Gasteiger partial charge on any atom is 0.149 e. The smallest absolute Gasteiger partial charge is 0.149 e. The van der Waals surface area contributed by atoms with Crippen molar-refractivity contribution in [2.24, 2.45) is 5.92 Å². The molecule has 3 aromatic rings. The third kappa shape index (κ3) is 5.07. The van der Waals surface area contributed by atoms with E-state index in [0.29, 0.717) is 5.92 Å². The van der Waals surface area contributed by atoms with Crippen molar-refractivity contribution in [1.82, 2.24) is 19.9 Å². The summed E-state index contributed by atoms with van der Waals surface area (Å²) in [5, 5.41) is 9.33. The van der Waals surface area contributed by atoms with Crippen LogP contribution in [0.1, 0.15) is 42.8 Å². The molecule has 0 unspecified atom stereocenters. The Balaban J connectivity index is 1.25. The molecule has 2 aliphatic rings. The fraction of sp³-hybridized carbons (Fsp3) is 0.520. The van der Waals surface area contributed by atoms with Gasteiger partial charge in [0.15, 0.2) is 0 Å². The van der Waals surface area contributed by atoms with E-state index in [2.05, 4.69) is 37.0 Å². The number of fused-ring (bicyclic) bond motifs is 1. The molecule has 1 aliphatic heterocycles. The van der Waals surface area contributed by atoms with Crippen molar-refractivity contribution < 1.29 is 14.6 Å². The fourth-order valence-corrected chi connectivity index (χ4v) is 4.81. The standard InChI is InChI=1S/C25H31N5O3/c1-17-19(16-31)15-28-24(29-17)12-18-2-4-21(5-3-18)33-23-14-20(30-8-10-32-11-9-30)13-22-25(23)27-7-6-26-22/h6-7,13-15,18,21,31H,2-5,8-12,16H2,1H3. The van der Waals surface area contributed by atoms with Crippen molar-refractivity contribution in [3.8, 4) is 5.75 Å². The minimum absolute atomic E-state index is 0.0135. The molecule has 0 bridgehead atoms. The molecule has 1 aromatic carbocycles. The molecule has 8 heteroatoms. The van der Waals surface area contributed by atoms with Crippen LogP contribution >= 0.6 is 0 Å². The Labute approximate surface area is 194 Å². The molecule has 0 spiro atoms. The summed E-state index contributed by atoms with van der Waals surface area (Å²) in [6, 6.07) is 4.22. The fourth-order valence-electron chi connectivity index (χ4n) is 4.81. The molecule has 174 valence electrons. The predicted octanol–water partition coefficient (Wildman–Crippen LogP) is 3.24. The molecule has 2 aromatic heterocycles. The largest absolute Gasteiger partial charge is 0.488 e. The lowest BCUT2D eigenvalue weighted by Crippen LogP contribution is -2.36. The lowest BCUT2D eigenvalue weighted by molar-refractivity contribution is 0.122. The summed E-state index contributed by atoms with van der Waals surface area (Å²) in [6.07, 6.45) is 10.4. The second kappa shape index (κ2) is 9.97. The van der Waals surface area contributed by atoms with E-state index in [1.54, 1.807) is 18.6 Å². The summed E-state index contributed by atoms with van der Waals surface area (Å²) in [6.45, 7) is 5.14. The molecular weight excluding hydrogens is 418 g/mol. The molecule has 3 heterocycles. The Bertz CT molecular complexity index is 1090. The minimum Gasteiger partial charge on any atom is -0.488 e. The van der Waals surface area contributed by atoms with Gasteiger partial charge in [-0.05, 0) is 44.6 Å². The maximum atomic E-state index is 9.33. The Morgan fingerprint density at radius 3 is 2.61 bits per heavy atom. The Hall–Kier alpha value is -2.84. The van der Waals surface area contributed by atoms with Crippen LogP contribution in [0.15, 0.2) is 30.7 Å². The van der Waals surface area contributed by atoms with Gasteiger partial charge in [0, 0.05) is 61.1 Å². The first-order valence-electron chi connectivity index (χ1n) is 11.9. The van der Waals surface area contributed by atoms with Crippen LogP contribution in [0.2, 0.25) is 0 Å². The third-order valence-corrected chi connectivity index (χ3v) is 6.76. The maximum absolute atomic E-state index is 9.33. The number of morpholine rings is 1. The van der Waals surface area contributed by atoms with Gasteiger partial charge < -0.3 is 19.5 Å². The molecule has 33 heavy (non-hydrogen) atoms. The highest BCUT2D eigenvalue weighted by Crippen LogP contribution is 2.34. The van der Waals surface area contributed by atoms with Crippen LogP contribution in [0.5, 0.6) is 5.75 Å². The molecule has 1 N–H and O–H groups in total. The van der Waals surface area contributed by atoms with Gasteiger partial charge in [0.05, 0.1) is 31.4 Å². The molecule has 2 fully saturated rings. The molecule has 0 radical (unpaired) electrons. The molecule has 0 amide bonds. The Morgan fingerprint density at radius 2 is 1.85 bits per heavy atom. The van der Waals surface area contributed by atoms with Gasteiger partial charge in [0.2, 0.25) is 0 Å². The molecule has 8 nitrogen and oxygen atoms in total. The first-order chi connectivity index (χ1) is 16.2. The number of hydrogen-bond donors (Lipinski definition) is 1. The summed E-state index contributed by atoms with van der Waals surface area (Å²) in [7, 11) is 0. The van der Waals surface area contributed by atoms with Crippen LogP contribution in [0, 0.1) is 12.8 Å². The van der Waals surface area contributed by atoms with Gasteiger partial charge in [-0.2, -0.15) is 0 Å². The molecule has 1 saturated heterocycles. The highest BCUT2D eigenvalue weighted by atomic mass is 16.5. The number of hydrogen-bond acceptors (Lipinski definition) is 8. The second-order valence-electron chi connectivity index (χ2n) is 8.99. The van der Waals surface area contributed by atoms with Crippen LogP contribution < -0.4 is 9.64 Å². The quantitative estimate of drug-likeness (QED) is 0.613. The molecule has 5 rings (SSSR count). The average Bonchev–Trinajstić information content (AvgIpc) is 2.86. The van der Waals surface area contributed by atoms with Gasteiger partial charge in [-0.15, -0.1) is 0 Å². The zero-order chi connectivity index (χ0) is 22.6. The first kappa shape index (κ1) is 22.0. The van der Waals surface area contributed by atoms with Crippen molar-refractivity contribution in [2.75, 3.05) is 31.2 Å². The van der Waals surface area contributed by atoms with E-state index in [1.165, 1.54) is 0 Å². The number of rotatable bonds is 6. The number of nitrogens with zero attached hydrogens (tertiary/aromatic N) is 5. The van der Waals surface area contributed by atoms with Crippen LogP contribution in [0.4, 0.5) is 5.69 Å². The van der Waals surface area contributed by atoms with E-state index < -0.39 is 0 Å². The molecule has 0 atom stereocenters. The normalized spacial score (nSPS) is 21.3. The third-order valence-electron chi connectivity index (χ3n) is 6.76. The van der Waals surface area contributed by atoms with Crippen molar-refractivity contribution >= 4 is 16.7 Å². The lowest BCUT2D eigenvalue weighted by atomic mass is 9.85. The highest BCUT2D eigenvalue weighted by molar-refractivity contribution is 5.85. The van der Waals surface area contributed by atoms with Crippen LogP contribution in [-0.4, -0.2) is 57.4 Å². The van der Waals surface area contributed by atoms with Crippen molar-refractivity contribution in [1.29, 1.82) is 0 Å². The summed E-state index contributed by atoms with van der Waals surface area (Å²) in [5.74, 6) is 2.25. The van der Waals surface area contributed by atoms with Crippen LogP contribution in [0.3, 0.4) is 0 Å². The second-order valence-corrected chi connectivity index (χ2v) is 8.99. The highest BCUT2D eigenvalue weighted by Gasteiger charge is 2.25. The number of anilines is 1. The number of ether oxygens (including phenoxy) is 2. The van der Waals surface area contributed by atoms with Gasteiger partial charge in [-0.3, -0.25) is 4.98 Å². The van der Waals surface area contributed by atoms with Gasteiger partial charge in [-0.25, -0.2) is 15.0 Å². The van der Waals surface area contributed by atoms with Crippen LogP contribution in [-0.2, 0) is 17.8 Å². The van der Waals surface area contributed by atoms with Gasteiger partial charge in [0.25, 0.3) is 0 Å². The van der Waals surface area contributed by atoms with E-state index in [0.717, 1.165) is 98.0 Å². The van der Waals surface area contributed by atoms with Gasteiger partial charge in [-0.1, -0.05) is 0 Å². The van der Waals surface area contributed by atoms with Gasteiger partial charge >= 0.3 is 0 Å². The SMILES string of the molecule is Cc1nc(CC2CCC(Oc3cc(N4CCOCC4)cc4nccnc34)CC2)ncc1CO. The molecule has 1 saturated carbocycles. The van der Waals surface area contributed by atoms with Crippen molar-refractivity contribution in [3.05, 3.63) is 47.8 Å². The van der Waals surface area contributed by atoms with Gasteiger partial charge in [0.1, 0.15) is 17.1 Å². The van der Waals surface area contributed by atoms with E-state index in [1.807, 2.05) is 6.92 Å². The summed E-state index contributed by atoms with van der Waals surface area (Å²) < 4.78 is 12.0. The summed E-state index contributed by atoms with van der Waals surface area (Å²) in [5.41, 5.74) is 4.47.